The molecule has 0 bridgehead atoms. The van der Waals surface area contributed by atoms with Crippen molar-refractivity contribution in [2.75, 3.05) is 0 Å². The highest BCUT2D eigenvalue weighted by atomic mass is 14.2. The Morgan fingerprint density at radius 1 is 0.944 bits per heavy atom. The monoisotopic (exact) mass is 232 g/mol. The van der Waals surface area contributed by atoms with Crippen LogP contribution in [-0.2, 0) is 6.42 Å². The van der Waals surface area contributed by atoms with E-state index < -0.39 is 0 Å². The van der Waals surface area contributed by atoms with Crippen LogP contribution in [0.4, 0.5) is 0 Å². The topological polar surface area (TPSA) is 0 Å². The van der Waals surface area contributed by atoms with Crippen molar-refractivity contribution in [1.29, 1.82) is 0 Å². The molecule has 0 amide bonds. The molecule has 0 heterocycles. The number of benzene rings is 2. The lowest BCUT2D eigenvalue weighted by Crippen LogP contribution is -2.00. The Labute approximate surface area is 108 Å². The van der Waals surface area contributed by atoms with E-state index in [4.69, 9.17) is 0 Å². The van der Waals surface area contributed by atoms with Gasteiger partial charge < -0.3 is 0 Å². The molecule has 1 aliphatic carbocycles. The summed E-state index contributed by atoms with van der Waals surface area (Å²) in [6.07, 6.45) is 7.43. The van der Waals surface area contributed by atoms with Crippen LogP contribution in [0, 0.1) is 0 Å². The van der Waals surface area contributed by atoms with Crippen LogP contribution in [-0.4, -0.2) is 0 Å². The van der Waals surface area contributed by atoms with Crippen LogP contribution in [0.25, 0.3) is 6.08 Å². The molecule has 2 aromatic carbocycles. The summed E-state index contributed by atoms with van der Waals surface area (Å²) in [7, 11) is 0. The molecule has 0 saturated heterocycles. The van der Waals surface area contributed by atoms with Gasteiger partial charge in [-0.2, -0.15) is 0 Å². The minimum absolute atomic E-state index is 0.400. The van der Waals surface area contributed by atoms with Gasteiger partial charge in [0.05, 0.1) is 0 Å². The van der Waals surface area contributed by atoms with Crippen molar-refractivity contribution in [3.05, 3.63) is 89.5 Å². The first-order valence-corrected chi connectivity index (χ1v) is 6.36. The minimum atomic E-state index is 0.400. The molecule has 0 fully saturated rings. The molecule has 0 nitrogen and oxygen atoms in total. The molecular formula is C18H16. The van der Waals surface area contributed by atoms with Gasteiger partial charge in [0.1, 0.15) is 0 Å². The Morgan fingerprint density at radius 3 is 2.50 bits per heavy atom. The highest BCUT2D eigenvalue weighted by Crippen LogP contribution is 2.36. The average molecular weight is 232 g/mol. The number of rotatable bonds is 3. The molecule has 0 radical (unpaired) electrons. The molecule has 0 aromatic heterocycles. The largest absolute Gasteiger partial charge is 0.103 e. The molecule has 0 aliphatic heterocycles. The molecule has 0 spiro atoms. The smallest absolute Gasteiger partial charge is 0.0281 e. The van der Waals surface area contributed by atoms with Crippen LogP contribution < -0.4 is 0 Å². The van der Waals surface area contributed by atoms with Crippen molar-refractivity contribution in [3.63, 3.8) is 0 Å². The second-order valence-corrected chi connectivity index (χ2v) is 4.66. The third kappa shape index (κ3) is 1.80. The van der Waals surface area contributed by atoms with Gasteiger partial charge in [-0.3, -0.25) is 0 Å². The van der Waals surface area contributed by atoms with Gasteiger partial charge >= 0.3 is 0 Å². The number of hydrogen-bond donors (Lipinski definition) is 0. The fraction of sp³-hybridized carbons (Fsp3) is 0.111. The zero-order valence-electron chi connectivity index (χ0n) is 10.3. The predicted octanol–water partition coefficient (Wildman–Crippen LogP) is 4.57. The Kier molecular flexibility index (Phi) is 2.85. The van der Waals surface area contributed by atoms with E-state index >= 15 is 0 Å². The van der Waals surface area contributed by atoms with Crippen LogP contribution in [0.5, 0.6) is 0 Å². The normalized spacial score (nSPS) is 16.6. The Hall–Kier alpha value is -2.08. The minimum Gasteiger partial charge on any atom is -0.103 e. The maximum atomic E-state index is 3.85. The van der Waals surface area contributed by atoms with Gasteiger partial charge in [-0.05, 0) is 28.7 Å². The van der Waals surface area contributed by atoms with Crippen molar-refractivity contribution in [2.24, 2.45) is 0 Å². The fourth-order valence-corrected chi connectivity index (χ4v) is 2.70. The highest BCUT2D eigenvalue weighted by molar-refractivity contribution is 5.65. The predicted molar refractivity (Wildman–Crippen MR) is 77.7 cm³/mol. The van der Waals surface area contributed by atoms with E-state index in [1.165, 1.54) is 22.3 Å². The lowest BCUT2D eigenvalue weighted by atomic mass is 9.89. The molecular weight excluding hydrogens is 216 g/mol. The zero-order chi connectivity index (χ0) is 12.4. The number of fused-ring (bicyclic) bond motifs is 1. The second-order valence-electron chi connectivity index (χ2n) is 4.66. The molecule has 0 saturated carbocycles. The summed E-state index contributed by atoms with van der Waals surface area (Å²) in [6, 6.07) is 17.3. The van der Waals surface area contributed by atoms with Crippen molar-refractivity contribution >= 4 is 6.08 Å². The molecule has 18 heavy (non-hydrogen) atoms. The van der Waals surface area contributed by atoms with Crippen LogP contribution in [0.1, 0.15) is 28.2 Å². The first kappa shape index (κ1) is 11.0. The number of allylic oxidation sites excluding steroid dienone is 2. The van der Waals surface area contributed by atoms with E-state index in [0.717, 1.165) is 6.42 Å². The molecule has 1 aliphatic rings. The van der Waals surface area contributed by atoms with Crippen molar-refractivity contribution in [3.8, 4) is 0 Å². The van der Waals surface area contributed by atoms with Crippen molar-refractivity contribution in [2.45, 2.75) is 12.3 Å². The molecule has 3 rings (SSSR count). The maximum absolute atomic E-state index is 3.85. The van der Waals surface area contributed by atoms with Crippen LogP contribution in [0.15, 0.2) is 67.3 Å². The van der Waals surface area contributed by atoms with E-state index in [9.17, 15) is 0 Å². The summed E-state index contributed by atoms with van der Waals surface area (Å²) < 4.78 is 0. The summed E-state index contributed by atoms with van der Waals surface area (Å²) in [5.74, 6) is 0.400. The zero-order valence-corrected chi connectivity index (χ0v) is 10.3. The number of hydrogen-bond acceptors (Lipinski definition) is 0. The van der Waals surface area contributed by atoms with E-state index in [1.807, 2.05) is 6.08 Å². The summed E-state index contributed by atoms with van der Waals surface area (Å²) >= 11 is 0. The molecule has 1 unspecified atom stereocenters. The highest BCUT2D eigenvalue weighted by Gasteiger charge is 2.20. The van der Waals surface area contributed by atoms with Gasteiger partial charge in [0.2, 0.25) is 0 Å². The molecule has 1 atom stereocenters. The average Bonchev–Trinajstić information content (AvgIpc) is 2.84. The lowest BCUT2D eigenvalue weighted by molar-refractivity contribution is 1.01. The lowest BCUT2D eigenvalue weighted by Gasteiger charge is -2.15. The van der Waals surface area contributed by atoms with Crippen LogP contribution in [0.3, 0.4) is 0 Å². The van der Waals surface area contributed by atoms with Gasteiger partial charge in [-0.25, -0.2) is 0 Å². The van der Waals surface area contributed by atoms with Gasteiger partial charge in [-0.15, -0.1) is 6.58 Å². The summed E-state index contributed by atoms with van der Waals surface area (Å²) in [6.45, 7) is 3.85. The van der Waals surface area contributed by atoms with Gasteiger partial charge in [0, 0.05) is 5.92 Å². The summed E-state index contributed by atoms with van der Waals surface area (Å²) in [5.41, 5.74) is 5.53. The quantitative estimate of drug-likeness (QED) is 0.680. The van der Waals surface area contributed by atoms with E-state index in [2.05, 4.69) is 67.3 Å². The Morgan fingerprint density at radius 2 is 1.67 bits per heavy atom. The van der Waals surface area contributed by atoms with E-state index in [0.29, 0.717) is 5.92 Å². The first-order valence-electron chi connectivity index (χ1n) is 6.36. The van der Waals surface area contributed by atoms with Crippen molar-refractivity contribution < 1.29 is 0 Å². The second kappa shape index (κ2) is 4.66. The SMILES string of the molecule is C=CCc1ccccc1C1C=Cc2ccccc21. The third-order valence-corrected chi connectivity index (χ3v) is 3.55. The van der Waals surface area contributed by atoms with Gasteiger partial charge in [0.15, 0.2) is 0 Å². The van der Waals surface area contributed by atoms with Crippen LogP contribution >= 0.6 is 0 Å². The van der Waals surface area contributed by atoms with Crippen molar-refractivity contribution in [1.82, 2.24) is 0 Å². The molecule has 88 valence electrons. The molecule has 0 heteroatoms. The maximum Gasteiger partial charge on any atom is 0.0281 e. The van der Waals surface area contributed by atoms with Crippen LogP contribution in [0.2, 0.25) is 0 Å². The molecule has 0 N–H and O–H groups in total. The Bertz CT molecular complexity index is 605. The van der Waals surface area contributed by atoms with E-state index in [1.54, 1.807) is 0 Å². The summed E-state index contributed by atoms with van der Waals surface area (Å²) in [4.78, 5) is 0. The molecule has 2 aromatic rings. The van der Waals surface area contributed by atoms with Gasteiger partial charge in [-0.1, -0.05) is 66.8 Å². The third-order valence-electron chi connectivity index (χ3n) is 3.55. The van der Waals surface area contributed by atoms with Gasteiger partial charge in [0.25, 0.3) is 0 Å². The summed E-state index contributed by atoms with van der Waals surface area (Å²) in [5, 5.41) is 0. The standard InChI is InChI=1S/C18H16/c1-2-7-14-8-3-5-10-16(14)18-13-12-15-9-4-6-11-17(15)18/h2-6,8-13,18H,1,7H2. The Balaban J connectivity index is 2.07. The van der Waals surface area contributed by atoms with E-state index in [-0.39, 0.29) is 0 Å². The fourth-order valence-electron chi connectivity index (χ4n) is 2.70. The first-order chi connectivity index (χ1) is 8.90.